The summed E-state index contributed by atoms with van der Waals surface area (Å²) in [6.07, 6.45) is 1.67. The molecule has 4 heteroatoms. The Hall–Kier alpha value is -1.84. The standard InChI is InChI=1S/C9H10N4/c1-6(13-10)7-2-3-8-9(4-7)12-5-11-8/h2-5H,10H2,1H3,(H,11,12)/b13-6-. The topological polar surface area (TPSA) is 67.1 Å². The van der Waals surface area contributed by atoms with Crippen molar-refractivity contribution in [3.05, 3.63) is 30.1 Å². The van der Waals surface area contributed by atoms with Crippen LogP contribution in [0.3, 0.4) is 0 Å². The van der Waals surface area contributed by atoms with Crippen LogP contribution in [-0.4, -0.2) is 15.7 Å². The summed E-state index contributed by atoms with van der Waals surface area (Å²) in [4.78, 5) is 7.15. The van der Waals surface area contributed by atoms with E-state index in [1.807, 2.05) is 25.1 Å². The molecule has 2 aromatic rings. The van der Waals surface area contributed by atoms with Crippen LogP contribution in [0.4, 0.5) is 0 Å². The number of aromatic amines is 1. The number of nitrogens with zero attached hydrogens (tertiary/aromatic N) is 2. The zero-order chi connectivity index (χ0) is 9.26. The van der Waals surface area contributed by atoms with Crippen molar-refractivity contribution >= 4 is 16.7 Å². The van der Waals surface area contributed by atoms with Gasteiger partial charge in [0.15, 0.2) is 0 Å². The molecule has 0 bridgehead atoms. The van der Waals surface area contributed by atoms with Crippen LogP contribution in [-0.2, 0) is 0 Å². The molecule has 13 heavy (non-hydrogen) atoms. The second kappa shape index (κ2) is 2.90. The van der Waals surface area contributed by atoms with E-state index in [0.717, 1.165) is 22.3 Å². The van der Waals surface area contributed by atoms with Crippen molar-refractivity contribution < 1.29 is 0 Å². The minimum absolute atomic E-state index is 0.816. The van der Waals surface area contributed by atoms with Crippen molar-refractivity contribution in [2.75, 3.05) is 0 Å². The van der Waals surface area contributed by atoms with E-state index in [1.54, 1.807) is 6.33 Å². The maximum atomic E-state index is 5.19. The molecule has 0 unspecified atom stereocenters. The summed E-state index contributed by atoms with van der Waals surface area (Å²) in [5.41, 5.74) is 3.78. The number of nitrogens with one attached hydrogen (secondary N) is 1. The Balaban J connectivity index is 2.60. The average Bonchev–Trinajstić information content (AvgIpc) is 2.63. The highest BCUT2D eigenvalue weighted by Crippen LogP contribution is 2.11. The Kier molecular flexibility index (Phi) is 1.73. The van der Waals surface area contributed by atoms with Gasteiger partial charge in [-0.2, -0.15) is 5.10 Å². The lowest BCUT2D eigenvalue weighted by Gasteiger charge is -1.97. The highest BCUT2D eigenvalue weighted by atomic mass is 15.1. The van der Waals surface area contributed by atoms with Crippen molar-refractivity contribution in [2.45, 2.75) is 6.92 Å². The second-order valence-electron chi connectivity index (χ2n) is 2.85. The molecule has 0 radical (unpaired) electrons. The van der Waals surface area contributed by atoms with E-state index >= 15 is 0 Å². The van der Waals surface area contributed by atoms with Gasteiger partial charge in [-0.1, -0.05) is 6.07 Å². The molecule has 1 heterocycles. The molecular formula is C9H10N4. The molecule has 4 nitrogen and oxygen atoms in total. The van der Waals surface area contributed by atoms with Gasteiger partial charge < -0.3 is 10.8 Å². The van der Waals surface area contributed by atoms with Crippen molar-refractivity contribution in [1.82, 2.24) is 9.97 Å². The number of nitrogens with two attached hydrogens (primary N) is 1. The summed E-state index contributed by atoms with van der Waals surface area (Å²) in [6.45, 7) is 1.87. The van der Waals surface area contributed by atoms with Crippen molar-refractivity contribution in [2.24, 2.45) is 10.9 Å². The molecule has 3 N–H and O–H groups in total. The third-order valence-corrected chi connectivity index (χ3v) is 2.03. The quantitative estimate of drug-likeness (QED) is 0.388. The van der Waals surface area contributed by atoms with E-state index in [1.165, 1.54) is 0 Å². The van der Waals surface area contributed by atoms with Crippen molar-refractivity contribution in [3.63, 3.8) is 0 Å². The fourth-order valence-corrected chi connectivity index (χ4v) is 1.24. The summed E-state index contributed by atoms with van der Waals surface area (Å²) >= 11 is 0. The Morgan fingerprint density at radius 2 is 2.38 bits per heavy atom. The Morgan fingerprint density at radius 3 is 3.15 bits per heavy atom. The second-order valence-corrected chi connectivity index (χ2v) is 2.85. The highest BCUT2D eigenvalue weighted by molar-refractivity contribution is 6.00. The van der Waals surface area contributed by atoms with Crippen LogP contribution >= 0.6 is 0 Å². The van der Waals surface area contributed by atoms with Gasteiger partial charge in [0, 0.05) is 0 Å². The number of H-pyrrole nitrogens is 1. The molecule has 0 aliphatic rings. The van der Waals surface area contributed by atoms with Crippen molar-refractivity contribution in [1.29, 1.82) is 0 Å². The smallest absolute Gasteiger partial charge is 0.0931 e. The maximum Gasteiger partial charge on any atom is 0.0931 e. The summed E-state index contributed by atoms with van der Waals surface area (Å²) in [5, 5.41) is 3.63. The third kappa shape index (κ3) is 1.26. The number of imidazole rings is 1. The number of fused-ring (bicyclic) bond motifs is 1. The molecule has 0 atom stereocenters. The van der Waals surface area contributed by atoms with Crippen LogP contribution in [0.5, 0.6) is 0 Å². The van der Waals surface area contributed by atoms with E-state index in [4.69, 9.17) is 5.84 Å². The molecule has 0 saturated carbocycles. The number of hydrazone groups is 1. The lowest BCUT2D eigenvalue weighted by molar-refractivity contribution is 1.24. The number of rotatable bonds is 1. The van der Waals surface area contributed by atoms with Gasteiger partial charge in [0.1, 0.15) is 0 Å². The van der Waals surface area contributed by atoms with Crippen molar-refractivity contribution in [3.8, 4) is 0 Å². The molecule has 66 valence electrons. The number of benzene rings is 1. The Labute approximate surface area is 75.5 Å². The van der Waals surface area contributed by atoms with Gasteiger partial charge in [-0.05, 0) is 24.6 Å². The van der Waals surface area contributed by atoms with E-state index < -0.39 is 0 Å². The first-order valence-corrected chi connectivity index (χ1v) is 3.99. The Bertz CT molecular complexity index is 455. The monoisotopic (exact) mass is 174 g/mol. The molecule has 1 aromatic heterocycles. The van der Waals surface area contributed by atoms with E-state index in [2.05, 4.69) is 15.1 Å². The van der Waals surface area contributed by atoms with Gasteiger partial charge in [0.25, 0.3) is 0 Å². The van der Waals surface area contributed by atoms with Gasteiger partial charge in [-0.15, -0.1) is 0 Å². The normalized spacial score (nSPS) is 12.2. The number of hydrogen-bond acceptors (Lipinski definition) is 3. The molecule has 0 aliphatic carbocycles. The molecule has 1 aromatic carbocycles. The van der Waals surface area contributed by atoms with E-state index in [9.17, 15) is 0 Å². The van der Waals surface area contributed by atoms with E-state index in [-0.39, 0.29) is 0 Å². The summed E-state index contributed by atoms with van der Waals surface area (Å²) in [6, 6.07) is 5.87. The van der Waals surface area contributed by atoms with Gasteiger partial charge in [-0.25, -0.2) is 4.98 Å². The highest BCUT2D eigenvalue weighted by Gasteiger charge is 2.00. The largest absolute Gasteiger partial charge is 0.345 e. The molecule has 0 aliphatic heterocycles. The molecule has 0 amide bonds. The van der Waals surface area contributed by atoms with Crippen LogP contribution in [0.1, 0.15) is 12.5 Å². The molecule has 0 saturated heterocycles. The zero-order valence-corrected chi connectivity index (χ0v) is 7.28. The van der Waals surface area contributed by atoms with Crippen LogP contribution < -0.4 is 5.84 Å². The molecule has 2 rings (SSSR count). The first kappa shape index (κ1) is 7.79. The Morgan fingerprint density at radius 1 is 1.54 bits per heavy atom. The zero-order valence-electron chi connectivity index (χ0n) is 7.28. The van der Waals surface area contributed by atoms with Crippen LogP contribution in [0.2, 0.25) is 0 Å². The van der Waals surface area contributed by atoms with Crippen LogP contribution in [0.25, 0.3) is 11.0 Å². The summed E-state index contributed by atoms with van der Waals surface area (Å²) < 4.78 is 0. The molecular weight excluding hydrogens is 164 g/mol. The predicted molar refractivity (Wildman–Crippen MR) is 52.5 cm³/mol. The summed E-state index contributed by atoms with van der Waals surface area (Å²) in [5.74, 6) is 5.19. The van der Waals surface area contributed by atoms with E-state index in [0.29, 0.717) is 0 Å². The minimum atomic E-state index is 0.816. The third-order valence-electron chi connectivity index (χ3n) is 2.03. The van der Waals surface area contributed by atoms with Gasteiger partial charge >= 0.3 is 0 Å². The van der Waals surface area contributed by atoms with Gasteiger partial charge in [0.2, 0.25) is 0 Å². The molecule has 0 spiro atoms. The first-order chi connectivity index (χ1) is 6.31. The molecule has 0 fully saturated rings. The van der Waals surface area contributed by atoms with Crippen LogP contribution in [0, 0.1) is 0 Å². The fraction of sp³-hybridized carbons (Fsp3) is 0.111. The lowest BCUT2D eigenvalue weighted by Crippen LogP contribution is -1.98. The SMILES string of the molecule is C/C(=N/N)c1ccc2nc[nH]c2c1. The average molecular weight is 174 g/mol. The minimum Gasteiger partial charge on any atom is -0.345 e. The maximum absolute atomic E-state index is 5.19. The summed E-state index contributed by atoms with van der Waals surface area (Å²) in [7, 11) is 0. The van der Waals surface area contributed by atoms with Gasteiger partial charge in [0.05, 0.1) is 23.1 Å². The fourth-order valence-electron chi connectivity index (χ4n) is 1.24. The lowest BCUT2D eigenvalue weighted by atomic mass is 10.1. The number of hydrogen-bond donors (Lipinski definition) is 2. The number of aromatic nitrogens is 2. The van der Waals surface area contributed by atoms with Gasteiger partial charge in [-0.3, -0.25) is 0 Å². The first-order valence-electron chi connectivity index (χ1n) is 3.99. The van der Waals surface area contributed by atoms with Crippen LogP contribution in [0.15, 0.2) is 29.6 Å². The predicted octanol–water partition coefficient (Wildman–Crippen LogP) is 1.25.